The van der Waals surface area contributed by atoms with Crippen molar-refractivity contribution in [3.8, 4) is 11.5 Å². The predicted molar refractivity (Wildman–Crippen MR) is 64.5 cm³/mol. The summed E-state index contributed by atoms with van der Waals surface area (Å²) < 4.78 is 0. The summed E-state index contributed by atoms with van der Waals surface area (Å²) in [5, 5.41) is 21.2. The van der Waals surface area contributed by atoms with E-state index in [0.717, 1.165) is 18.9 Å². The van der Waals surface area contributed by atoms with Gasteiger partial charge in [0.15, 0.2) is 0 Å². The molecule has 1 aliphatic carbocycles. The molecule has 4 nitrogen and oxygen atoms in total. The van der Waals surface area contributed by atoms with Crippen LogP contribution in [0.3, 0.4) is 0 Å². The number of amides is 1. The van der Waals surface area contributed by atoms with Gasteiger partial charge in [0, 0.05) is 12.6 Å². The fourth-order valence-corrected chi connectivity index (χ4v) is 1.95. The summed E-state index contributed by atoms with van der Waals surface area (Å²) in [5.74, 6) is -0.188. The van der Waals surface area contributed by atoms with E-state index >= 15 is 0 Å². The topological polar surface area (TPSA) is 69.6 Å². The Balaban J connectivity index is 1.94. The number of carbonyl (C=O) groups excluding carboxylic acids is 1. The van der Waals surface area contributed by atoms with Crippen LogP contribution < -0.4 is 5.32 Å². The number of phenols is 2. The standard InChI is InChI=1S/C12H14ClNO3/c13-10(7-1-2-7)6-14-12(17)9-4-3-8(15)5-11(9)16/h3-5,7,10,15-16H,1-2,6H2,(H,14,17). The van der Waals surface area contributed by atoms with Crippen molar-refractivity contribution in [2.75, 3.05) is 6.54 Å². The number of rotatable bonds is 4. The Morgan fingerprint density at radius 2 is 2.18 bits per heavy atom. The van der Waals surface area contributed by atoms with Crippen LogP contribution in [0.1, 0.15) is 23.2 Å². The van der Waals surface area contributed by atoms with Gasteiger partial charge in [-0.15, -0.1) is 11.6 Å². The molecule has 0 radical (unpaired) electrons. The lowest BCUT2D eigenvalue weighted by atomic mass is 10.1. The molecule has 0 aromatic heterocycles. The Hall–Kier alpha value is -1.42. The molecule has 1 atom stereocenters. The number of aromatic hydroxyl groups is 2. The SMILES string of the molecule is O=C(NCC(Cl)C1CC1)c1ccc(O)cc1O. The first-order valence-electron chi connectivity index (χ1n) is 5.52. The van der Waals surface area contributed by atoms with E-state index in [0.29, 0.717) is 12.5 Å². The van der Waals surface area contributed by atoms with E-state index in [4.69, 9.17) is 16.7 Å². The second-order valence-corrected chi connectivity index (χ2v) is 4.83. The summed E-state index contributed by atoms with van der Waals surface area (Å²) in [6.45, 7) is 0.394. The minimum atomic E-state index is -0.381. The molecule has 1 fully saturated rings. The van der Waals surface area contributed by atoms with E-state index in [1.807, 2.05) is 0 Å². The maximum atomic E-state index is 11.7. The summed E-state index contributed by atoms with van der Waals surface area (Å²) in [6, 6.07) is 3.86. The minimum absolute atomic E-state index is 0.0433. The minimum Gasteiger partial charge on any atom is -0.508 e. The monoisotopic (exact) mass is 255 g/mol. The molecule has 1 aromatic carbocycles. The van der Waals surface area contributed by atoms with Crippen LogP contribution in [0.25, 0.3) is 0 Å². The van der Waals surface area contributed by atoms with E-state index < -0.39 is 0 Å². The van der Waals surface area contributed by atoms with E-state index in [-0.39, 0.29) is 28.3 Å². The van der Waals surface area contributed by atoms with Gasteiger partial charge in [0.1, 0.15) is 11.5 Å². The van der Waals surface area contributed by atoms with Gasteiger partial charge < -0.3 is 15.5 Å². The number of benzene rings is 1. The zero-order valence-corrected chi connectivity index (χ0v) is 9.94. The van der Waals surface area contributed by atoms with Gasteiger partial charge in [-0.25, -0.2) is 0 Å². The van der Waals surface area contributed by atoms with E-state index in [2.05, 4.69) is 5.32 Å². The maximum Gasteiger partial charge on any atom is 0.255 e. The molecule has 1 unspecified atom stereocenters. The molecule has 2 rings (SSSR count). The molecule has 1 amide bonds. The Morgan fingerprint density at radius 3 is 2.76 bits per heavy atom. The highest BCUT2D eigenvalue weighted by atomic mass is 35.5. The number of hydrogen-bond acceptors (Lipinski definition) is 3. The van der Waals surface area contributed by atoms with Crippen molar-refractivity contribution in [2.45, 2.75) is 18.2 Å². The molecule has 17 heavy (non-hydrogen) atoms. The largest absolute Gasteiger partial charge is 0.508 e. The van der Waals surface area contributed by atoms with Gasteiger partial charge >= 0.3 is 0 Å². The molecule has 3 N–H and O–H groups in total. The number of carbonyl (C=O) groups is 1. The first kappa shape index (κ1) is 12.0. The molecule has 92 valence electrons. The fraction of sp³-hybridized carbons (Fsp3) is 0.417. The predicted octanol–water partition coefficient (Wildman–Crippen LogP) is 1.85. The van der Waals surface area contributed by atoms with Crippen molar-refractivity contribution in [1.82, 2.24) is 5.32 Å². The van der Waals surface area contributed by atoms with Crippen molar-refractivity contribution in [1.29, 1.82) is 0 Å². The zero-order chi connectivity index (χ0) is 12.4. The smallest absolute Gasteiger partial charge is 0.255 e. The molecule has 1 saturated carbocycles. The van der Waals surface area contributed by atoms with Crippen LogP contribution in [0, 0.1) is 5.92 Å². The molecular weight excluding hydrogens is 242 g/mol. The summed E-state index contributed by atoms with van der Waals surface area (Å²) >= 11 is 6.06. The van der Waals surface area contributed by atoms with Gasteiger partial charge in [-0.05, 0) is 30.9 Å². The molecule has 5 heteroatoms. The summed E-state index contributed by atoms with van der Waals surface area (Å²) in [6.07, 6.45) is 2.24. The Labute approximate surface area is 104 Å². The molecule has 1 aromatic rings. The number of phenolic OH excluding ortho intramolecular Hbond substituents is 2. The van der Waals surface area contributed by atoms with Crippen LogP contribution in [0.2, 0.25) is 0 Å². The normalized spacial score (nSPS) is 16.5. The van der Waals surface area contributed by atoms with Gasteiger partial charge in [-0.1, -0.05) is 0 Å². The second kappa shape index (κ2) is 4.84. The molecule has 0 bridgehead atoms. The highest BCUT2D eigenvalue weighted by Crippen LogP contribution is 2.35. The van der Waals surface area contributed by atoms with Crippen LogP contribution in [0.4, 0.5) is 0 Å². The third-order valence-electron chi connectivity index (χ3n) is 2.82. The van der Waals surface area contributed by atoms with Crippen LogP contribution in [-0.2, 0) is 0 Å². The fourth-order valence-electron chi connectivity index (χ4n) is 1.62. The van der Waals surface area contributed by atoms with Crippen molar-refractivity contribution in [2.24, 2.45) is 5.92 Å². The van der Waals surface area contributed by atoms with Crippen LogP contribution in [-0.4, -0.2) is 28.0 Å². The van der Waals surface area contributed by atoms with Gasteiger partial charge in [-0.3, -0.25) is 4.79 Å². The van der Waals surface area contributed by atoms with Crippen LogP contribution in [0.15, 0.2) is 18.2 Å². The number of hydrogen-bond donors (Lipinski definition) is 3. The van der Waals surface area contributed by atoms with Crippen molar-refractivity contribution >= 4 is 17.5 Å². The highest BCUT2D eigenvalue weighted by molar-refractivity contribution is 6.21. The molecular formula is C12H14ClNO3. The number of halogens is 1. The van der Waals surface area contributed by atoms with E-state index in [1.54, 1.807) is 0 Å². The average Bonchev–Trinajstić information content (AvgIpc) is 3.09. The van der Waals surface area contributed by atoms with Crippen LogP contribution in [0.5, 0.6) is 11.5 Å². The van der Waals surface area contributed by atoms with E-state index in [1.165, 1.54) is 12.1 Å². The van der Waals surface area contributed by atoms with Crippen molar-refractivity contribution < 1.29 is 15.0 Å². The lowest BCUT2D eigenvalue weighted by Gasteiger charge is -2.10. The second-order valence-electron chi connectivity index (χ2n) is 4.26. The zero-order valence-electron chi connectivity index (χ0n) is 9.19. The third-order valence-corrected chi connectivity index (χ3v) is 3.33. The van der Waals surface area contributed by atoms with Gasteiger partial charge in [0.05, 0.1) is 10.9 Å². The number of nitrogens with one attached hydrogen (secondary N) is 1. The Bertz CT molecular complexity index is 432. The lowest BCUT2D eigenvalue weighted by molar-refractivity contribution is 0.0950. The van der Waals surface area contributed by atoms with Gasteiger partial charge in [-0.2, -0.15) is 0 Å². The molecule has 0 saturated heterocycles. The molecule has 1 aliphatic rings. The summed E-state index contributed by atoms with van der Waals surface area (Å²) in [5.41, 5.74) is 0.141. The van der Waals surface area contributed by atoms with E-state index in [9.17, 15) is 9.90 Å². The quantitative estimate of drug-likeness (QED) is 0.719. The highest BCUT2D eigenvalue weighted by Gasteiger charge is 2.29. The van der Waals surface area contributed by atoms with Gasteiger partial charge in [0.2, 0.25) is 0 Å². The Kier molecular flexibility index (Phi) is 3.43. The molecule has 0 spiro atoms. The van der Waals surface area contributed by atoms with Crippen LogP contribution >= 0.6 is 11.6 Å². The third kappa shape index (κ3) is 3.03. The number of alkyl halides is 1. The van der Waals surface area contributed by atoms with Crippen molar-refractivity contribution in [3.05, 3.63) is 23.8 Å². The Morgan fingerprint density at radius 1 is 1.47 bits per heavy atom. The average molecular weight is 256 g/mol. The summed E-state index contributed by atoms with van der Waals surface area (Å²) in [7, 11) is 0. The maximum absolute atomic E-state index is 11.7. The first-order chi connectivity index (χ1) is 8.08. The first-order valence-corrected chi connectivity index (χ1v) is 5.96. The molecule has 0 aliphatic heterocycles. The lowest BCUT2D eigenvalue weighted by Crippen LogP contribution is -2.30. The van der Waals surface area contributed by atoms with Crippen molar-refractivity contribution in [3.63, 3.8) is 0 Å². The van der Waals surface area contributed by atoms with Gasteiger partial charge in [0.25, 0.3) is 5.91 Å². The summed E-state index contributed by atoms with van der Waals surface area (Å²) in [4.78, 5) is 11.7. The molecule has 0 heterocycles.